The zero-order chi connectivity index (χ0) is 9.68. The summed E-state index contributed by atoms with van der Waals surface area (Å²) >= 11 is 0. The van der Waals surface area contributed by atoms with Gasteiger partial charge >= 0.3 is 0 Å². The van der Waals surface area contributed by atoms with E-state index in [4.69, 9.17) is 4.74 Å². The van der Waals surface area contributed by atoms with E-state index in [1.54, 1.807) is 13.2 Å². The van der Waals surface area contributed by atoms with Gasteiger partial charge in [-0.1, -0.05) is 6.07 Å². The van der Waals surface area contributed by atoms with Crippen LogP contribution >= 0.6 is 0 Å². The zero-order valence-electron chi connectivity index (χ0n) is 7.83. The van der Waals surface area contributed by atoms with Gasteiger partial charge in [0.1, 0.15) is 5.75 Å². The summed E-state index contributed by atoms with van der Waals surface area (Å²) in [5, 5.41) is 3.02. The van der Waals surface area contributed by atoms with Crippen molar-refractivity contribution < 1.29 is 9.53 Å². The Morgan fingerprint density at radius 3 is 2.85 bits per heavy atom. The van der Waals surface area contributed by atoms with Crippen molar-refractivity contribution in [1.82, 2.24) is 5.32 Å². The molecule has 3 heteroatoms. The summed E-state index contributed by atoms with van der Waals surface area (Å²) in [7, 11) is 3.42. The first kappa shape index (κ1) is 9.74. The smallest absolute Gasteiger partial charge is 0.153 e. The van der Waals surface area contributed by atoms with E-state index in [1.165, 1.54) is 0 Å². The van der Waals surface area contributed by atoms with Crippen LogP contribution in [0.1, 0.15) is 15.9 Å². The van der Waals surface area contributed by atoms with Crippen molar-refractivity contribution in [2.24, 2.45) is 0 Å². The summed E-state index contributed by atoms with van der Waals surface area (Å²) in [4.78, 5) is 10.6. The highest BCUT2D eigenvalue weighted by Gasteiger charge is 2.01. The third kappa shape index (κ3) is 2.29. The second kappa shape index (κ2) is 4.62. The minimum Gasteiger partial charge on any atom is -0.496 e. The normalized spacial score (nSPS) is 9.69. The largest absolute Gasteiger partial charge is 0.496 e. The number of ether oxygens (including phenoxy) is 1. The summed E-state index contributed by atoms with van der Waals surface area (Å²) in [5.74, 6) is 0.620. The SMILES string of the molecule is CNCc1ccc(OC)c(C=O)c1. The highest BCUT2D eigenvalue weighted by Crippen LogP contribution is 2.17. The highest BCUT2D eigenvalue weighted by molar-refractivity contribution is 5.79. The Hall–Kier alpha value is -1.35. The van der Waals surface area contributed by atoms with E-state index in [-0.39, 0.29) is 0 Å². The average molecular weight is 179 g/mol. The average Bonchev–Trinajstić information content (AvgIpc) is 2.18. The van der Waals surface area contributed by atoms with Crippen molar-refractivity contribution in [2.45, 2.75) is 6.54 Å². The molecule has 0 aromatic heterocycles. The minimum absolute atomic E-state index is 0.593. The van der Waals surface area contributed by atoms with Gasteiger partial charge in [-0.3, -0.25) is 4.79 Å². The van der Waals surface area contributed by atoms with Gasteiger partial charge in [0.25, 0.3) is 0 Å². The van der Waals surface area contributed by atoms with Crippen molar-refractivity contribution >= 4 is 6.29 Å². The van der Waals surface area contributed by atoms with Crippen molar-refractivity contribution in [3.8, 4) is 5.75 Å². The molecule has 0 radical (unpaired) electrons. The number of benzene rings is 1. The van der Waals surface area contributed by atoms with Crippen molar-refractivity contribution in [1.29, 1.82) is 0 Å². The molecule has 0 saturated carbocycles. The molecule has 70 valence electrons. The summed E-state index contributed by atoms with van der Waals surface area (Å²) in [6, 6.07) is 5.56. The summed E-state index contributed by atoms with van der Waals surface area (Å²) in [6.45, 7) is 0.755. The molecule has 1 N–H and O–H groups in total. The highest BCUT2D eigenvalue weighted by atomic mass is 16.5. The number of carbonyl (C=O) groups excluding carboxylic acids is 1. The van der Waals surface area contributed by atoms with Gasteiger partial charge < -0.3 is 10.1 Å². The van der Waals surface area contributed by atoms with E-state index >= 15 is 0 Å². The third-order valence-electron chi connectivity index (χ3n) is 1.80. The maximum absolute atomic E-state index is 10.6. The molecule has 0 bridgehead atoms. The molecule has 0 amide bonds. The second-order valence-corrected chi connectivity index (χ2v) is 2.72. The molecular weight excluding hydrogens is 166 g/mol. The molecule has 3 nitrogen and oxygen atoms in total. The molecule has 1 rings (SSSR count). The van der Waals surface area contributed by atoms with Gasteiger partial charge in [0.15, 0.2) is 6.29 Å². The van der Waals surface area contributed by atoms with E-state index in [0.29, 0.717) is 11.3 Å². The molecule has 1 aromatic carbocycles. The van der Waals surface area contributed by atoms with Gasteiger partial charge in [-0.05, 0) is 24.7 Å². The summed E-state index contributed by atoms with van der Waals surface area (Å²) in [5.41, 5.74) is 1.67. The van der Waals surface area contributed by atoms with E-state index < -0.39 is 0 Å². The van der Waals surface area contributed by atoms with Crippen LogP contribution in [0.3, 0.4) is 0 Å². The minimum atomic E-state index is 0.593. The van der Waals surface area contributed by atoms with Crippen LogP contribution in [0, 0.1) is 0 Å². The third-order valence-corrected chi connectivity index (χ3v) is 1.80. The van der Waals surface area contributed by atoms with Crippen LogP contribution < -0.4 is 10.1 Å². The predicted octanol–water partition coefficient (Wildman–Crippen LogP) is 1.23. The van der Waals surface area contributed by atoms with E-state index in [9.17, 15) is 4.79 Å². The number of aldehydes is 1. The number of hydrogen-bond acceptors (Lipinski definition) is 3. The Bertz CT molecular complexity index is 297. The van der Waals surface area contributed by atoms with Crippen LogP contribution in [0.25, 0.3) is 0 Å². The lowest BCUT2D eigenvalue weighted by atomic mass is 10.1. The Labute approximate surface area is 77.7 Å². The fourth-order valence-electron chi connectivity index (χ4n) is 1.19. The number of hydrogen-bond donors (Lipinski definition) is 1. The van der Waals surface area contributed by atoms with Crippen LogP contribution in [0.15, 0.2) is 18.2 Å². The molecule has 0 spiro atoms. The van der Waals surface area contributed by atoms with Crippen LogP contribution in [0.4, 0.5) is 0 Å². The molecule has 13 heavy (non-hydrogen) atoms. The van der Waals surface area contributed by atoms with Crippen LogP contribution in [0.2, 0.25) is 0 Å². The fourth-order valence-corrected chi connectivity index (χ4v) is 1.19. The Morgan fingerprint density at radius 2 is 2.31 bits per heavy atom. The van der Waals surface area contributed by atoms with Gasteiger partial charge in [0.2, 0.25) is 0 Å². The molecule has 0 unspecified atom stereocenters. The first-order valence-corrected chi connectivity index (χ1v) is 4.08. The number of rotatable bonds is 4. The van der Waals surface area contributed by atoms with Crippen molar-refractivity contribution in [2.75, 3.05) is 14.2 Å². The first-order valence-electron chi connectivity index (χ1n) is 4.08. The summed E-state index contributed by atoms with van der Waals surface area (Å²) < 4.78 is 5.02. The lowest BCUT2D eigenvalue weighted by molar-refractivity contribution is 0.112. The van der Waals surface area contributed by atoms with E-state index in [1.807, 2.05) is 19.2 Å². The van der Waals surface area contributed by atoms with Crippen LogP contribution in [0.5, 0.6) is 5.75 Å². The molecule has 0 aliphatic carbocycles. The quantitative estimate of drug-likeness (QED) is 0.706. The predicted molar refractivity (Wildman–Crippen MR) is 51.1 cm³/mol. The Morgan fingerprint density at radius 1 is 1.54 bits per heavy atom. The number of carbonyl (C=O) groups is 1. The molecule has 0 fully saturated rings. The molecule has 0 heterocycles. The van der Waals surface area contributed by atoms with Crippen LogP contribution in [-0.4, -0.2) is 20.4 Å². The van der Waals surface area contributed by atoms with Gasteiger partial charge in [-0.25, -0.2) is 0 Å². The van der Waals surface area contributed by atoms with Gasteiger partial charge in [-0.15, -0.1) is 0 Å². The lowest BCUT2D eigenvalue weighted by Gasteiger charge is -2.05. The van der Waals surface area contributed by atoms with Crippen molar-refractivity contribution in [3.05, 3.63) is 29.3 Å². The standard InChI is InChI=1S/C10H13NO2/c1-11-6-8-3-4-10(13-2)9(5-8)7-12/h3-5,7,11H,6H2,1-2H3. The van der Waals surface area contributed by atoms with Gasteiger partial charge in [-0.2, -0.15) is 0 Å². The fraction of sp³-hybridized carbons (Fsp3) is 0.300. The number of methoxy groups -OCH3 is 1. The zero-order valence-corrected chi connectivity index (χ0v) is 7.83. The second-order valence-electron chi connectivity index (χ2n) is 2.72. The Balaban J connectivity index is 2.98. The molecule has 1 aromatic rings. The van der Waals surface area contributed by atoms with Crippen molar-refractivity contribution in [3.63, 3.8) is 0 Å². The molecule has 0 aliphatic rings. The maximum atomic E-state index is 10.6. The number of nitrogens with one attached hydrogen (secondary N) is 1. The topological polar surface area (TPSA) is 38.3 Å². The van der Waals surface area contributed by atoms with E-state index in [0.717, 1.165) is 18.4 Å². The summed E-state index contributed by atoms with van der Waals surface area (Å²) in [6.07, 6.45) is 0.804. The monoisotopic (exact) mass is 179 g/mol. The molecule has 0 saturated heterocycles. The van der Waals surface area contributed by atoms with Gasteiger partial charge in [0, 0.05) is 6.54 Å². The Kier molecular flexibility index (Phi) is 3.46. The van der Waals surface area contributed by atoms with E-state index in [2.05, 4.69) is 5.32 Å². The molecule has 0 aliphatic heterocycles. The van der Waals surface area contributed by atoms with Gasteiger partial charge in [0.05, 0.1) is 12.7 Å². The molecular formula is C10H13NO2. The lowest BCUT2D eigenvalue weighted by Crippen LogP contribution is -2.05. The first-order chi connectivity index (χ1) is 6.31. The maximum Gasteiger partial charge on any atom is 0.153 e. The molecule has 0 atom stereocenters. The van der Waals surface area contributed by atoms with Crippen LogP contribution in [-0.2, 0) is 6.54 Å².